The van der Waals surface area contributed by atoms with Crippen molar-refractivity contribution in [2.24, 2.45) is 11.8 Å². The second kappa shape index (κ2) is 6.24. The molecule has 2 fully saturated rings. The molecular formula is C21H27Cl. The van der Waals surface area contributed by atoms with Crippen LogP contribution in [0.5, 0.6) is 0 Å². The van der Waals surface area contributed by atoms with Gasteiger partial charge in [-0.2, -0.15) is 0 Å². The fourth-order valence-corrected chi connectivity index (χ4v) is 5.21. The highest BCUT2D eigenvalue weighted by Crippen LogP contribution is 2.51. The quantitative estimate of drug-likeness (QED) is 0.533. The Hall–Kier alpha value is -1.01. The van der Waals surface area contributed by atoms with Gasteiger partial charge in [-0.3, -0.25) is 0 Å². The van der Waals surface area contributed by atoms with Crippen molar-refractivity contribution in [1.29, 1.82) is 0 Å². The minimum Gasteiger partial charge on any atom is -0.0992 e. The summed E-state index contributed by atoms with van der Waals surface area (Å²) in [6.45, 7) is 11.3. The van der Waals surface area contributed by atoms with E-state index in [0.29, 0.717) is 5.92 Å². The molecule has 0 atom stereocenters. The number of rotatable bonds is 2. The lowest BCUT2D eigenvalue weighted by Gasteiger charge is -2.44. The Morgan fingerprint density at radius 3 is 2.18 bits per heavy atom. The molecule has 1 aromatic carbocycles. The van der Waals surface area contributed by atoms with Gasteiger partial charge in [0, 0.05) is 16.4 Å². The smallest absolute Gasteiger partial charge is 0.0443 e. The van der Waals surface area contributed by atoms with Crippen LogP contribution in [0.1, 0.15) is 57.4 Å². The van der Waals surface area contributed by atoms with E-state index in [2.05, 4.69) is 32.2 Å². The van der Waals surface area contributed by atoms with Crippen LogP contribution >= 0.6 is 11.6 Å². The van der Waals surface area contributed by atoms with Crippen LogP contribution in [0.2, 0.25) is 5.02 Å². The van der Waals surface area contributed by atoms with Gasteiger partial charge in [-0.05, 0) is 43.2 Å². The van der Waals surface area contributed by atoms with E-state index >= 15 is 0 Å². The van der Waals surface area contributed by atoms with Gasteiger partial charge < -0.3 is 0 Å². The van der Waals surface area contributed by atoms with Crippen LogP contribution < -0.4 is 0 Å². The van der Waals surface area contributed by atoms with Gasteiger partial charge in [-0.25, -0.2) is 0 Å². The van der Waals surface area contributed by atoms with E-state index in [1.165, 1.54) is 48.8 Å². The average Bonchev–Trinajstić information content (AvgIpc) is 2.47. The van der Waals surface area contributed by atoms with E-state index in [4.69, 9.17) is 11.6 Å². The van der Waals surface area contributed by atoms with Crippen molar-refractivity contribution >= 4 is 11.6 Å². The molecule has 0 amide bonds. The van der Waals surface area contributed by atoms with Gasteiger partial charge in [0.1, 0.15) is 0 Å². The third kappa shape index (κ3) is 2.91. The average molecular weight is 315 g/mol. The predicted molar refractivity (Wildman–Crippen MR) is 96.4 cm³/mol. The standard InChI is InChI=1S/C21H27Cl/c1-15-13-21(3,18-11-7-8-12-19(18)22)14-16(2)20(15)17-9-5-4-6-10-17/h7-8,11-12,17,20H,1-2,4-6,9-10,13-14H2,3H3. The summed E-state index contributed by atoms with van der Waals surface area (Å²) in [5.41, 5.74) is 4.06. The van der Waals surface area contributed by atoms with E-state index in [0.717, 1.165) is 23.8 Å². The first kappa shape index (κ1) is 15.9. The zero-order chi connectivity index (χ0) is 15.7. The minimum atomic E-state index is 0.0533. The Kier molecular flexibility index (Phi) is 4.50. The number of hydrogen-bond donors (Lipinski definition) is 0. The van der Waals surface area contributed by atoms with Gasteiger partial charge in [0.05, 0.1) is 0 Å². The second-order valence-electron chi connectivity index (χ2n) is 7.59. The molecule has 0 saturated heterocycles. The monoisotopic (exact) mass is 314 g/mol. The summed E-state index contributed by atoms with van der Waals surface area (Å²) in [5, 5.41) is 0.877. The van der Waals surface area contributed by atoms with Gasteiger partial charge in [-0.1, -0.05) is 80.3 Å². The Bertz CT molecular complexity index is 559. The van der Waals surface area contributed by atoms with Crippen molar-refractivity contribution < 1.29 is 0 Å². The Morgan fingerprint density at radius 1 is 1.00 bits per heavy atom. The van der Waals surface area contributed by atoms with Crippen LogP contribution in [-0.2, 0) is 5.41 Å². The number of halogens is 1. The third-order valence-corrected chi connectivity index (χ3v) is 6.09. The maximum Gasteiger partial charge on any atom is 0.0443 e. The van der Waals surface area contributed by atoms with Crippen molar-refractivity contribution in [3.05, 3.63) is 59.2 Å². The van der Waals surface area contributed by atoms with E-state index < -0.39 is 0 Å². The molecule has 0 aromatic heterocycles. The van der Waals surface area contributed by atoms with E-state index in [-0.39, 0.29) is 5.41 Å². The molecule has 22 heavy (non-hydrogen) atoms. The Balaban J connectivity index is 1.84. The number of allylic oxidation sites excluding steroid dienone is 2. The zero-order valence-electron chi connectivity index (χ0n) is 13.7. The summed E-state index contributed by atoms with van der Waals surface area (Å²) < 4.78 is 0. The highest BCUT2D eigenvalue weighted by Gasteiger charge is 2.40. The Labute approximate surface area is 140 Å². The van der Waals surface area contributed by atoms with E-state index in [1.54, 1.807) is 0 Å². The van der Waals surface area contributed by atoms with Crippen molar-refractivity contribution in [3.63, 3.8) is 0 Å². The molecule has 0 N–H and O–H groups in total. The minimum absolute atomic E-state index is 0.0533. The lowest BCUT2D eigenvalue weighted by Crippen LogP contribution is -2.35. The molecule has 2 aliphatic carbocycles. The molecule has 2 saturated carbocycles. The highest BCUT2D eigenvalue weighted by atomic mass is 35.5. The van der Waals surface area contributed by atoms with Crippen LogP contribution in [0.15, 0.2) is 48.6 Å². The first-order valence-electron chi connectivity index (χ1n) is 8.61. The maximum atomic E-state index is 6.47. The van der Waals surface area contributed by atoms with Crippen LogP contribution in [0.4, 0.5) is 0 Å². The SMILES string of the molecule is C=C1CC(C)(c2ccccc2Cl)CC(=C)C1C1CCCCC1. The molecule has 1 aromatic rings. The third-order valence-electron chi connectivity index (χ3n) is 5.76. The van der Waals surface area contributed by atoms with Crippen LogP contribution in [-0.4, -0.2) is 0 Å². The van der Waals surface area contributed by atoms with Crippen LogP contribution in [0.25, 0.3) is 0 Å². The summed E-state index contributed by atoms with van der Waals surface area (Å²) in [7, 11) is 0. The summed E-state index contributed by atoms with van der Waals surface area (Å²) in [5.74, 6) is 1.32. The van der Waals surface area contributed by atoms with Gasteiger partial charge >= 0.3 is 0 Å². The van der Waals surface area contributed by atoms with Gasteiger partial charge in [0.25, 0.3) is 0 Å². The second-order valence-corrected chi connectivity index (χ2v) is 7.99. The van der Waals surface area contributed by atoms with Gasteiger partial charge in [0.2, 0.25) is 0 Å². The maximum absolute atomic E-state index is 6.47. The van der Waals surface area contributed by atoms with Crippen molar-refractivity contribution in [2.45, 2.75) is 57.3 Å². The summed E-state index contributed by atoms with van der Waals surface area (Å²) in [6, 6.07) is 8.27. The molecule has 1 heteroatoms. The van der Waals surface area contributed by atoms with E-state index in [9.17, 15) is 0 Å². The number of hydrogen-bond acceptors (Lipinski definition) is 0. The zero-order valence-corrected chi connectivity index (χ0v) is 14.5. The molecule has 0 unspecified atom stereocenters. The highest BCUT2D eigenvalue weighted by molar-refractivity contribution is 6.31. The van der Waals surface area contributed by atoms with Crippen LogP contribution in [0.3, 0.4) is 0 Å². The summed E-state index contributed by atoms with van der Waals surface area (Å²) >= 11 is 6.47. The van der Waals surface area contributed by atoms with Gasteiger partial charge in [0.15, 0.2) is 0 Å². The van der Waals surface area contributed by atoms with E-state index in [1.807, 2.05) is 12.1 Å². The largest absolute Gasteiger partial charge is 0.0992 e. The first-order chi connectivity index (χ1) is 10.5. The molecule has 0 radical (unpaired) electrons. The van der Waals surface area contributed by atoms with Crippen LogP contribution in [0, 0.1) is 11.8 Å². The molecule has 0 bridgehead atoms. The lowest BCUT2D eigenvalue weighted by molar-refractivity contribution is 0.260. The van der Waals surface area contributed by atoms with Crippen molar-refractivity contribution in [1.82, 2.24) is 0 Å². The summed E-state index contributed by atoms with van der Waals surface area (Å²) in [6.07, 6.45) is 8.94. The fraction of sp³-hybridized carbons (Fsp3) is 0.524. The molecule has 3 rings (SSSR count). The fourth-order valence-electron chi connectivity index (χ4n) is 4.85. The van der Waals surface area contributed by atoms with Crippen molar-refractivity contribution in [2.75, 3.05) is 0 Å². The normalized spacial score (nSPS) is 30.5. The lowest BCUT2D eigenvalue weighted by atomic mass is 9.60. The van der Waals surface area contributed by atoms with Crippen molar-refractivity contribution in [3.8, 4) is 0 Å². The molecule has 0 heterocycles. The molecular weight excluding hydrogens is 288 g/mol. The predicted octanol–water partition coefficient (Wildman–Crippen LogP) is 6.70. The summed E-state index contributed by atoms with van der Waals surface area (Å²) in [4.78, 5) is 0. The molecule has 0 aliphatic heterocycles. The first-order valence-corrected chi connectivity index (χ1v) is 8.99. The van der Waals surface area contributed by atoms with Gasteiger partial charge in [-0.15, -0.1) is 0 Å². The molecule has 0 spiro atoms. The molecule has 118 valence electrons. The topological polar surface area (TPSA) is 0 Å². The number of benzene rings is 1. The molecule has 0 nitrogen and oxygen atoms in total. The molecule has 2 aliphatic rings. The Morgan fingerprint density at radius 2 is 1.59 bits per heavy atom.